The first kappa shape index (κ1) is 18.3. The summed E-state index contributed by atoms with van der Waals surface area (Å²) in [5.41, 5.74) is 6.74. The number of thiophene rings is 1. The van der Waals surface area contributed by atoms with Crippen LogP contribution in [-0.2, 0) is 27.2 Å². The Morgan fingerprint density at radius 2 is 2.00 bits per heavy atom. The van der Waals surface area contributed by atoms with Crippen LogP contribution in [0.15, 0.2) is 24.3 Å². The van der Waals surface area contributed by atoms with E-state index in [9.17, 15) is 14.4 Å². The number of hydrogen-bond donors (Lipinski definition) is 2. The summed E-state index contributed by atoms with van der Waals surface area (Å²) in [5.74, 6) is -0.826. The summed E-state index contributed by atoms with van der Waals surface area (Å²) >= 11 is 1.34. The van der Waals surface area contributed by atoms with Gasteiger partial charge in [0.15, 0.2) is 18.1 Å². The van der Waals surface area contributed by atoms with E-state index in [-0.39, 0.29) is 6.61 Å². The molecule has 3 N–H and O–H groups in total. The molecule has 0 saturated carbocycles. The van der Waals surface area contributed by atoms with E-state index < -0.39 is 30.5 Å². The molecule has 1 aromatic heterocycles. The predicted molar refractivity (Wildman–Crippen MR) is 101 cm³/mol. The molecule has 2 aliphatic rings. The zero-order valence-electron chi connectivity index (χ0n) is 14.9. The minimum absolute atomic E-state index is 0.000926. The molecule has 0 saturated heterocycles. The number of hydrogen-bond acceptors (Lipinski definition) is 7. The molecule has 8 nitrogen and oxygen atoms in total. The van der Waals surface area contributed by atoms with Gasteiger partial charge in [0.25, 0.3) is 11.8 Å². The molecule has 28 heavy (non-hydrogen) atoms. The maximum atomic E-state index is 12.2. The van der Waals surface area contributed by atoms with Crippen LogP contribution in [0.4, 0.5) is 5.00 Å². The lowest BCUT2D eigenvalue weighted by atomic mass is 10.1. The summed E-state index contributed by atoms with van der Waals surface area (Å²) in [6.07, 6.45) is 1.66. The number of para-hydroxylation sites is 2. The second kappa shape index (κ2) is 7.51. The Labute approximate surface area is 164 Å². The maximum Gasteiger partial charge on any atom is 0.351 e. The van der Waals surface area contributed by atoms with Gasteiger partial charge < -0.3 is 25.3 Å². The van der Waals surface area contributed by atoms with Crippen LogP contribution in [0.1, 0.15) is 27.2 Å². The minimum Gasteiger partial charge on any atom is -0.485 e. The summed E-state index contributed by atoms with van der Waals surface area (Å²) < 4.78 is 16.0. The Kier molecular flexibility index (Phi) is 4.91. The molecule has 2 heterocycles. The highest BCUT2D eigenvalue weighted by atomic mass is 32.1. The van der Waals surface area contributed by atoms with E-state index in [0.29, 0.717) is 22.1 Å². The fraction of sp³-hybridized carbons (Fsp3) is 0.316. The van der Waals surface area contributed by atoms with Gasteiger partial charge in [0.05, 0.1) is 5.56 Å². The fourth-order valence-corrected chi connectivity index (χ4v) is 4.59. The zero-order valence-corrected chi connectivity index (χ0v) is 15.7. The standard InChI is InChI=1S/C19H18N2O6S/c20-17(23)16-10-4-3-7-14(10)28-18(16)21-15(22)9-26-19(24)13-8-25-11-5-1-2-6-12(11)27-13/h1-2,5-6,13H,3-4,7-9H2,(H2,20,23)(H,21,22)/t13-/m0/s1. The molecule has 1 aliphatic heterocycles. The van der Waals surface area contributed by atoms with E-state index >= 15 is 0 Å². The largest absolute Gasteiger partial charge is 0.485 e. The van der Waals surface area contributed by atoms with Crippen LogP contribution in [0.5, 0.6) is 11.5 Å². The maximum absolute atomic E-state index is 12.2. The number of rotatable bonds is 5. The van der Waals surface area contributed by atoms with Gasteiger partial charge in [0.2, 0.25) is 6.10 Å². The van der Waals surface area contributed by atoms with Crippen molar-refractivity contribution in [3.05, 3.63) is 40.3 Å². The summed E-state index contributed by atoms with van der Waals surface area (Å²) in [5, 5.41) is 3.03. The van der Waals surface area contributed by atoms with Gasteiger partial charge in [0.1, 0.15) is 11.6 Å². The molecule has 2 amide bonds. The van der Waals surface area contributed by atoms with Crippen molar-refractivity contribution in [2.24, 2.45) is 5.73 Å². The summed E-state index contributed by atoms with van der Waals surface area (Å²) in [7, 11) is 0. The van der Waals surface area contributed by atoms with E-state index in [0.717, 1.165) is 29.7 Å². The summed E-state index contributed by atoms with van der Waals surface area (Å²) in [6, 6.07) is 6.98. The molecule has 2 aromatic rings. The Morgan fingerprint density at radius 3 is 2.79 bits per heavy atom. The van der Waals surface area contributed by atoms with Crippen molar-refractivity contribution < 1.29 is 28.6 Å². The number of esters is 1. The Bertz CT molecular complexity index is 954. The number of nitrogens with two attached hydrogens (primary N) is 1. The number of ether oxygens (including phenoxy) is 3. The van der Waals surface area contributed by atoms with Crippen LogP contribution < -0.4 is 20.5 Å². The molecule has 1 atom stereocenters. The SMILES string of the molecule is NC(=O)c1c(NC(=O)COC(=O)[C@@H]2COc3ccccc3O2)sc2c1CCC2. The normalized spacial score (nSPS) is 16.9. The Hall–Kier alpha value is -3.07. The lowest BCUT2D eigenvalue weighted by Crippen LogP contribution is -2.39. The molecule has 9 heteroatoms. The van der Waals surface area contributed by atoms with Crippen molar-refractivity contribution in [2.45, 2.75) is 25.4 Å². The van der Waals surface area contributed by atoms with Gasteiger partial charge >= 0.3 is 5.97 Å². The van der Waals surface area contributed by atoms with Crippen molar-refractivity contribution in [2.75, 3.05) is 18.5 Å². The first-order valence-corrected chi connectivity index (χ1v) is 9.64. The van der Waals surface area contributed by atoms with E-state index in [1.54, 1.807) is 24.3 Å². The molecule has 146 valence electrons. The fourth-order valence-electron chi connectivity index (χ4n) is 3.28. The predicted octanol–water partition coefficient (Wildman–Crippen LogP) is 1.66. The van der Waals surface area contributed by atoms with Crippen LogP contribution in [0.2, 0.25) is 0 Å². The van der Waals surface area contributed by atoms with E-state index in [1.165, 1.54) is 11.3 Å². The highest BCUT2D eigenvalue weighted by Crippen LogP contribution is 2.38. The molecule has 0 radical (unpaired) electrons. The van der Waals surface area contributed by atoms with Gasteiger partial charge in [-0.3, -0.25) is 9.59 Å². The number of anilines is 1. The van der Waals surface area contributed by atoms with Crippen LogP contribution in [0.25, 0.3) is 0 Å². The van der Waals surface area contributed by atoms with Crippen molar-refractivity contribution in [1.29, 1.82) is 0 Å². The highest BCUT2D eigenvalue weighted by molar-refractivity contribution is 7.17. The Balaban J connectivity index is 1.34. The average Bonchev–Trinajstić information content (AvgIpc) is 3.26. The molecule has 1 aromatic carbocycles. The number of fused-ring (bicyclic) bond motifs is 2. The van der Waals surface area contributed by atoms with Crippen LogP contribution in [0, 0.1) is 0 Å². The molecular formula is C19H18N2O6S. The van der Waals surface area contributed by atoms with Gasteiger partial charge in [-0.1, -0.05) is 12.1 Å². The second-order valence-corrected chi connectivity index (χ2v) is 7.55. The van der Waals surface area contributed by atoms with Crippen molar-refractivity contribution in [3.8, 4) is 11.5 Å². The third-order valence-corrected chi connectivity index (χ3v) is 5.74. The number of primary amides is 1. The van der Waals surface area contributed by atoms with Gasteiger partial charge in [-0.25, -0.2) is 4.79 Å². The van der Waals surface area contributed by atoms with E-state index in [1.807, 2.05) is 0 Å². The monoisotopic (exact) mass is 402 g/mol. The molecular weight excluding hydrogens is 384 g/mol. The Morgan fingerprint density at radius 1 is 1.21 bits per heavy atom. The quantitative estimate of drug-likeness (QED) is 0.735. The molecule has 0 unspecified atom stereocenters. The first-order valence-electron chi connectivity index (χ1n) is 8.82. The number of carbonyl (C=O) groups excluding carboxylic acids is 3. The average molecular weight is 402 g/mol. The lowest BCUT2D eigenvalue weighted by Gasteiger charge is -2.24. The van der Waals surface area contributed by atoms with Crippen molar-refractivity contribution >= 4 is 34.1 Å². The van der Waals surface area contributed by atoms with Crippen LogP contribution >= 0.6 is 11.3 Å². The zero-order chi connectivity index (χ0) is 19.7. The second-order valence-electron chi connectivity index (χ2n) is 6.45. The third-order valence-electron chi connectivity index (χ3n) is 4.54. The summed E-state index contributed by atoms with van der Waals surface area (Å²) in [4.78, 5) is 37.2. The smallest absolute Gasteiger partial charge is 0.351 e. The van der Waals surface area contributed by atoms with E-state index in [2.05, 4.69) is 5.32 Å². The van der Waals surface area contributed by atoms with Crippen LogP contribution in [-0.4, -0.2) is 37.1 Å². The van der Waals surface area contributed by atoms with Gasteiger partial charge in [-0.05, 0) is 37.0 Å². The van der Waals surface area contributed by atoms with Crippen molar-refractivity contribution in [1.82, 2.24) is 0 Å². The number of benzene rings is 1. The molecule has 0 fully saturated rings. The van der Waals surface area contributed by atoms with Gasteiger partial charge in [-0.15, -0.1) is 11.3 Å². The first-order chi connectivity index (χ1) is 13.5. The van der Waals surface area contributed by atoms with Crippen molar-refractivity contribution in [3.63, 3.8) is 0 Å². The topological polar surface area (TPSA) is 117 Å². The lowest BCUT2D eigenvalue weighted by molar-refractivity contribution is -0.156. The number of nitrogens with one attached hydrogen (secondary N) is 1. The van der Waals surface area contributed by atoms with Crippen LogP contribution in [0.3, 0.4) is 0 Å². The molecule has 4 rings (SSSR count). The number of aryl methyl sites for hydroxylation is 1. The number of amides is 2. The van der Waals surface area contributed by atoms with Gasteiger partial charge in [-0.2, -0.15) is 0 Å². The molecule has 0 bridgehead atoms. The minimum atomic E-state index is -0.950. The number of carbonyl (C=O) groups is 3. The third kappa shape index (κ3) is 3.53. The van der Waals surface area contributed by atoms with E-state index in [4.69, 9.17) is 19.9 Å². The van der Waals surface area contributed by atoms with Gasteiger partial charge in [0, 0.05) is 4.88 Å². The summed E-state index contributed by atoms with van der Waals surface area (Å²) in [6.45, 7) is -0.498. The highest BCUT2D eigenvalue weighted by Gasteiger charge is 2.30. The molecule has 1 aliphatic carbocycles. The molecule has 0 spiro atoms.